The van der Waals surface area contributed by atoms with Crippen molar-refractivity contribution in [3.8, 4) is 0 Å². The maximum absolute atomic E-state index is 4.99. The number of thiazole rings is 1. The first-order chi connectivity index (χ1) is 9.29. The Kier molecular flexibility index (Phi) is 3.03. The molecule has 4 rings (SSSR count). The van der Waals surface area contributed by atoms with E-state index in [1.54, 1.807) is 0 Å². The van der Waals surface area contributed by atoms with Crippen molar-refractivity contribution in [1.29, 1.82) is 0 Å². The lowest BCUT2D eigenvalue weighted by molar-refractivity contribution is 0.659. The highest BCUT2D eigenvalue weighted by Crippen LogP contribution is 2.44. The summed E-state index contributed by atoms with van der Waals surface area (Å²) >= 11 is 1.95. The van der Waals surface area contributed by atoms with Crippen LogP contribution in [0.25, 0.3) is 0 Å². The van der Waals surface area contributed by atoms with E-state index in [0.717, 1.165) is 24.4 Å². The lowest BCUT2D eigenvalue weighted by atomic mass is 10.2. The molecule has 0 spiro atoms. The molecule has 3 aliphatic rings. The summed E-state index contributed by atoms with van der Waals surface area (Å²) in [6.07, 6.45) is 6.78. The second kappa shape index (κ2) is 4.74. The monoisotopic (exact) mass is 277 g/mol. The van der Waals surface area contributed by atoms with Gasteiger partial charge in [0.15, 0.2) is 5.13 Å². The molecule has 1 N–H and O–H groups in total. The van der Waals surface area contributed by atoms with E-state index in [0.29, 0.717) is 0 Å². The predicted molar refractivity (Wildman–Crippen MR) is 79.9 cm³/mol. The average Bonchev–Trinajstić information content (AvgIpc) is 3.32. The molecular weight excluding hydrogens is 254 g/mol. The standard InChI is InChI=1S/C15H23N3S/c1-10-6-7-18(9-10)15-17-14(11-2-3-11)13(19-15)8-16-12-4-5-12/h10-12,16H,2-9H2,1H3. The quantitative estimate of drug-likeness (QED) is 0.896. The Morgan fingerprint density at radius 3 is 2.74 bits per heavy atom. The molecule has 1 atom stereocenters. The summed E-state index contributed by atoms with van der Waals surface area (Å²) in [4.78, 5) is 9.01. The summed E-state index contributed by atoms with van der Waals surface area (Å²) in [5, 5.41) is 4.95. The largest absolute Gasteiger partial charge is 0.348 e. The Morgan fingerprint density at radius 2 is 2.11 bits per heavy atom. The van der Waals surface area contributed by atoms with Gasteiger partial charge in [-0.1, -0.05) is 6.92 Å². The molecule has 0 radical (unpaired) electrons. The van der Waals surface area contributed by atoms with Gasteiger partial charge in [-0.25, -0.2) is 4.98 Å². The first-order valence-corrected chi connectivity index (χ1v) is 8.59. The minimum absolute atomic E-state index is 0.779. The van der Waals surface area contributed by atoms with Crippen LogP contribution in [0.2, 0.25) is 0 Å². The van der Waals surface area contributed by atoms with Crippen LogP contribution in [0.5, 0.6) is 0 Å². The number of hydrogen-bond donors (Lipinski definition) is 1. The summed E-state index contributed by atoms with van der Waals surface area (Å²) in [7, 11) is 0. The molecular formula is C15H23N3S. The second-order valence-electron chi connectivity index (χ2n) is 6.57. The Balaban J connectivity index is 1.52. The zero-order valence-corrected chi connectivity index (χ0v) is 12.5. The summed E-state index contributed by atoms with van der Waals surface area (Å²) < 4.78 is 0. The van der Waals surface area contributed by atoms with Gasteiger partial charge >= 0.3 is 0 Å². The minimum atomic E-state index is 0.779. The van der Waals surface area contributed by atoms with Crippen LogP contribution in [-0.2, 0) is 6.54 Å². The lowest BCUT2D eigenvalue weighted by Crippen LogP contribution is -2.18. The highest BCUT2D eigenvalue weighted by atomic mass is 32.1. The zero-order chi connectivity index (χ0) is 12.8. The lowest BCUT2D eigenvalue weighted by Gasteiger charge is -2.13. The Bertz CT molecular complexity index is 462. The number of hydrogen-bond acceptors (Lipinski definition) is 4. The Labute approximate surface area is 119 Å². The van der Waals surface area contributed by atoms with E-state index in [4.69, 9.17) is 4.98 Å². The Morgan fingerprint density at radius 1 is 1.26 bits per heavy atom. The van der Waals surface area contributed by atoms with E-state index in [1.807, 2.05) is 11.3 Å². The van der Waals surface area contributed by atoms with Gasteiger partial charge in [0, 0.05) is 36.5 Å². The molecule has 0 aromatic carbocycles. The van der Waals surface area contributed by atoms with Gasteiger partial charge < -0.3 is 10.2 Å². The first kappa shape index (κ1) is 12.2. The molecule has 0 amide bonds. The highest BCUT2D eigenvalue weighted by Gasteiger charge is 2.32. The van der Waals surface area contributed by atoms with Crippen molar-refractivity contribution in [2.75, 3.05) is 18.0 Å². The summed E-state index contributed by atoms with van der Waals surface area (Å²) in [6.45, 7) is 5.81. The van der Waals surface area contributed by atoms with Gasteiger partial charge in [-0.2, -0.15) is 0 Å². The van der Waals surface area contributed by atoms with Gasteiger partial charge in [0.1, 0.15) is 0 Å². The molecule has 2 aliphatic carbocycles. The molecule has 1 unspecified atom stereocenters. The van der Waals surface area contributed by atoms with Crippen molar-refractivity contribution in [3.63, 3.8) is 0 Å². The third kappa shape index (κ3) is 2.65. The fraction of sp³-hybridized carbons (Fsp3) is 0.800. The van der Waals surface area contributed by atoms with Crippen LogP contribution in [0.4, 0.5) is 5.13 Å². The average molecular weight is 277 g/mol. The van der Waals surface area contributed by atoms with Gasteiger partial charge in [0.2, 0.25) is 0 Å². The van der Waals surface area contributed by atoms with Crippen LogP contribution in [0.3, 0.4) is 0 Å². The van der Waals surface area contributed by atoms with Crippen LogP contribution in [0, 0.1) is 5.92 Å². The maximum atomic E-state index is 4.99. The van der Waals surface area contributed by atoms with Gasteiger partial charge in [-0.05, 0) is 38.0 Å². The molecule has 1 aliphatic heterocycles. The molecule has 2 saturated carbocycles. The number of rotatable bonds is 5. The maximum Gasteiger partial charge on any atom is 0.185 e. The zero-order valence-electron chi connectivity index (χ0n) is 11.7. The van der Waals surface area contributed by atoms with Crippen LogP contribution >= 0.6 is 11.3 Å². The topological polar surface area (TPSA) is 28.2 Å². The van der Waals surface area contributed by atoms with Crippen LogP contribution in [0.1, 0.15) is 55.5 Å². The third-order valence-corrected chi connectivity index (χ3v) is 5.64. The molecule has 3 fully saturated rings. The molecule has 0 bridgehead atoms. The van der Waals surface area contributed by atoms with E-state index < -0.39 is 0 Å². The fourth-order valence-corrected chi connectivity index (χ4v) is 4.05. The van der Waals surface area contributed by atoms with Crippen molar-refractivity contribution in [2.45, 2.75) is 57.5 Å². The molecule has 1 aromatic heterocycles. The molecule has 2 heterocycles. The van der Waals surface area contributed by atoms with Crippen LogP contribution in [0.15, 0.2) is 0 Å². The van der Waals surface area contributed by atoms with Crippen molar-refractivity contribution in [3.05, 3.63) is 10.6 Å². The van der Waals surface area contributed by atoms with E-state index in [-0.39, 0.29) is 0 Å². The number of anilines is 1. The summed E-state index contributed by atoms with van der Waals surface area (Å²) in [6, 6.07) is 0.796. The van der Waals surface area contributed by atoms with Crippen molar-refractivity contribution in [1.82, 2.24) is 10.3 Å². The number of nitrogens with one attached hydrogen (secondary N) is 1. The van der Waals surface area contributed by atoms with Crippen LogP contribution in [-0.4, -0.2) is 24.1 Å². The first-order valence-electron chi connectivity index (χ1n) is 7.77. The molecule has 104 valence electrons. The second-order valence-corrected chi connectivity index (χ2v) is 7.64. The van der Waals surface area contributed by atoms with E-state index in [2.05, 4.69) is 17.1 Å². The molecule has 4 heteroatoms. The van der Waals surface area contributed by atoms with Gasteiger partial charge in [0.05, 0.1) is 5.69 Å². The van der Waals surface area contributed by atoms with E-state index >= 15 is 0 Å². The van der Waals surface area contributed by atoms with Gasteiger partial charge in [-0.3, -0.25) is 0 Å². The SMILES string of the molecule is CC1CCN(c2nc(C3CC3)c(CNC3CC3)s2)C1. The molecule has 1 saturated heterocycles. The third-order valence-electron chi connectivity index (χ3n) is 4.50. The minimum Gasteiger partial charge on any atom is -0.348 e. The fourth-order valence-electron chi connectivity index (χ4n) is 2.92. The predicted octanol–water partition coefficient (Wildman–Crippen LogP) is 3.12. The van der Waals surface area contributed by atoms with Crippen molar-refractivity contribution < 1.29 is 0 Å². The van der Waals surface area contributed by atoms with E-state index in [1.165, 1.54) is 60.9 Å². The summed E-state index contributed by atoms with van der Waals surface area (Å²) in [5.74, 6) is 1.61. The van der Waals surface area contributed by atoms with Crippen molar-refractivity contribution >= 4 is 16.5 Å². The Hall–Kier alpha value is -0.610. The molecule has 19 heavy (non-hydrogen) atoms. The molecule has 1 aromatic rings. The normalized spacial score (nSPS) is 27.2. The number of nitrogens with zero attached hydrogens (tertiary/aromatic N) is 2. The van der Waals surface area contributed by atoms with Crippen LogP contribution < -0.4 is 10.2 Å². The highest BCUT2D eigenvalue weighted by molar-refractivity contribution is 7.15. The number of aromatic nitrogens is 1. The van der Waals surface area contributed by atoms with Gasteiger partial charge in [0.25, 0.3) is 0 Å². The van der Waals surface area contributed by atoms with E-state index in [9.17, 15) is 0 Å². The smallest absolute Gasteiger partial charge is 0.185 e. The van der Waals surface area contributed by atoms with Crippen molar-refractivity contribution in [2.24, 2.45) is 5.92 Å². The van der Waals surface area contributed by atoms with Gasteiger partial charge in [-0.15, -0.1) is 11.3 Å². The summed E-state index contributed by atoms with van der Waals surface area (Å²) in [5.41, 5.74) is 1.42. The molecule has 3 nitrogen and oxygen atoms in total.